The highest BCUT2D eigenvalue weighted by atomic mass is 16.7. The van der Waals surface area contributed by atoms with Crippen molar-refractivity contribution in [3.05, 3.63) is 12.2 Å². The van der Waals surface area contributed by atoms with Crippen molar-refractivity contribution in [1.29, 1.82) is 0 Å². The molecule has 6 amide bonds. The molecule has 2 aliphatic rings. The van der Waals surface area contributed by atoms with Gasteiger partial charge in [-0.2, -0.15) is 0 Å². The first-order valence-electron chi connectivity index (χ1n) is 14.5. The minimum absolute atomic E-state index is 0.0378. The average Bonchev–Trinajstić information content (AvgIpc) is 3.44. The first-order valence-corrected chi connectivity index (χ1v) is 14.5. The lowest BCUT2D eigenvalue weighted by molar-refractivity contribution is -0.199. The number of methoxy groups -OCH3 is 1. The number of amides is 6. The highest BCUT2D eigenvalue weighted by Gasteiger charge is 2.42. The molecule has 1 saturated heterocycles. The molecular weight excluding hydrogens is 562 g/mol. The van der Waals surface area contributed by atoms with Crippen molar-refractivity contribution >= 4 is 41.4 Å². The Morgan fingerprint density at radius 3 is 1.91 bits per heavy atom. The smallest absolute Gasteiger partial charge is 0.335 e. The maximum absolute atomic E-state index is 14.0. The summed E-state index contributed by atoms with van der Waals surface area (Å²) in [4.78, 5) is 95.1. The Bertz CT molecular complexity index is 1100. The van der Waals surface area contributed by atoms with E-state index in [0.29, 0.717) is 11.5 Å². The Morgan fingerprint density at radius 1 is 0.930 bits per heavy atom. The number of carbonyl (C=O) groups is 7. The standard InChI is InChI=1S/C29H45N5O9/c1-10-18(6)27(19(42-9)15-24(39)43-34-22(37)13-14-23(34)38)31(7)29(41)25(16(2)3)30-28(40)26(17(4)5)32(8)33-20(35)11-12-21(33)36/h11-12,16-19,25-27H,10,13-15H2,1-9H3,(H,30,40)/t18-,19+,25-,26-,27-/m0/s1. The van der Waals surface area contributed by atoms with Crippen LogP contribution in [-0.2, 0) is 43.1 Å². The van der Waals surface area contributed by atoms with Crippen LogP contribution in [0.5, 0.6) is 0 Å². The maximum atomic E-state index is 14.0. The first kappa shape index (κ1) is 35.5. The number of rotatable bonds is 15. The van der Waals surface area contributed by atoms with Crippen LogP contribution in [-0.4, -0.2) is 107 Å². The topological polar surface area (TPSA) is 163 Å². The van der Waals surface area contributed by atoms with Gasteiger partial charge >= 0.3 is 5.97 Å². The SMILES string of the molecule is CC[C@H](C)[C@@H]([C@@H](CC(=O)ON1C(=O)CCC1=O)OC)N(C)C(=O)[C@@H](NC(=O)[C@H](C(C)C)N(C)N1C(=O)C=CC1=O)C(C)C. The Kier molecular flexibility index (Phi) is 12.6. The van der Waals surface area contributed by atoms with E-state index in [4.69, 9.17) is 9.57 Å². The van der Waals surface area contributed by atoms with Crippen LogP contribution in [0.15, 0.2) is 12.2 Å². The molecule has 0 aliphatic carbocycles. The van der Waals surface area contributed by atoms with Crippen molar-refractivity contribution in [1.82, 2.24) is 25.3 Å². The maximum Gasteiger partial charge on any atom is 0.335 e. The van der Waals surface area contributed by atoms with Crippen LogP contribution in [0, 0.1) is 17.8 Å². The Labute approximate surface area is 252 Å². The van der Waals surface area contributed by atoms with Gasteiger partial charge in [-0.05, 0) is 17.8 Å². The van der Waals surface area contributed by atoms with E-state index in [-0.39, 0.29) is 37.0 Å². The van der Waals surface area contributed by atoms with E-state index in [0.717, 1.165) is 17.2 Å². The van der Waals surface area contributed by atoms with Crippen LogP contribution in [0.3, 0.4) is 0 Å². The summed E-state index contributed by atoms with van der Waals surface area (Å²) in [6.45, 7) is 10.9. The molecule has 1 N–H and O–H groups in total. The number of imide groups is 2. The largest absolute Gasteiger partial charge is 0.379 e. The second-order valence-electron chi connectivity index (χ2n) is 11.7. The number of hydrazine groups is 1. The van der Waals surface area contributed by atoms with E-state index in [1.54, 1.807) is 34.7 Å². The third-order valence-electron chi connectivity index (χ3n) is 7.91. The molecule has 0 radical (unpaired) electrons. The number of carbonyl (C=O) groups excluding carboxylic acids is 7. The molecule has 5 atom stereocenters. The molecule has 0 bridgehead atoms. The van der Waals surface area contributed by atoms with Gasteiger partial charge in [-0.1, -0.05) is 48.0 Å². The second-order valence-corrected chi connectivity index (χ2v) is 11.7. The second kappa shape index (κ2) is 15.2. The predicted octanol–water partition coefficient (Wildman–Crippen LogP) is 0.809. The van der Waals surface area contributed by atoms with E-state index < -0.39 is 65.6 Å². The van der Waals surface area contributed by atoms with Crippen LogP contribution in [0.1, 0.15) is 67.2 Å². The van der Waals surface area contributed by atoms with E-state index in [1.165, 1.54) is 24.1 Å². The summed E-state index contributed by atoms with van der Waals surface area (Å²) in [5, 5.41) is 5.45. The van der Waals surface area contributed by atoms with Crippen LogP contribution in [0.2, 0.25) is 0 Å². The molecule has 2 heterocycles. The number of hydrogen-bond acceptors (Lipinski definition) is 10. The highest BCUT2D eigenvalue weighted by molar-refractivity contribution is 6.12. The molecule has 0 aromatic rings. The number of likely N-dealkylation sites (N-methyl/N-ethyl adjacent to an activating group) is 2. The van der Waals surface area contributed by atoms with Gasteiger partial charge in [0.25, 0.3) is 23.6 Å². The molecule has 14 nitrogen and oxygen atoms in total. The van der Waals surface area contributed by atoms with Crippen molar-refractivity contribution < 1.29 is 43.1 Å². The number of nitrogens with one attached hydrogen (secondary N) is 1. The van der Waals surface area contributed by atoms with Gasteiger partial charge in [0.1, 0.15) is 12.1 Å². The Morgan fingerprint density at radius 2 is 1.47 bits per heavy atom. The number of ether oxygens (including phenoxy) is 1. The van der Waals surface area contributed by atoms with E-state index in [9.17, 15) is 33.6 Å². The quantitative estimate of drug-likeness (QED) is 0.264. The number of hydrogen-bond donors (Lipinski definition) is 1. The monoisotopic (exact) mass is 607 g/mol. The average molecular weight is 608 g/mol. The van der Waals surface area contributed by atoms with Gasteiger partial charge in [-0.25, -0.2) is 14.8 Å². The van der Waals surface area contributed by atoms with Gasteiger partial charge in [-0.15, -0.1) is 5.06 Å². The lowest BCUT2D eigenvalue weighted by Crippen LogP contribution is -2.61. The van der Waals surface area contributed by atoms with Crippen molar-refractivity contribution in [2.45, 2.75) is 91.5 Å². The zero-order valence-electron chi connectivity index (χ0n) is 26.5. The number of hydroxylamine groups is 2. The zero-order valence-corrected chi connectivity index (χ0v) is 26.5. The van der Waals surface area contributed by atoms with Crippen molar-refractivity contribution in [2.24, 2.45) is 17.8 Å². The minimum Gasteiger partial charge on any atom is -0.379 e. The summed E-state index contributed by atoms with van der Waals surface area (Å²) >= 11 is 0. The molecule has 0 aromatic carbocycles. The van der Waals surface area contributed by atoms with Crippen LogP contribution in [0.4, 0.5) is 0 Å². The molecular formula is C29H45N5O9. The lowest BCUT2D eigenvalue weighted by atomic mass is 9.90. The van der Waals surface area contributed by atoms with Crippen molar-refractivity contribution in [3.8, 4) is 0 Å². The van der Waals surface area contributed by atoms with E-state index >= 15 is 0 Å². The third kappa shape index (κ3) is 8.25. The van der Waals surface area contributed by atoms with Gasteiger partial charge in [0, 0.05) is 46.2 Å². The molecule has 2 aliphatic heterocycles. The normalized spacial score (nSPS) is 18.9. The summed E-state index contributed by atoms with van der Waals surface area (Å²) in [6, 6.07) is -2.59. The summed E-state index contributed by atoms with van der Waals surface area (Å²) in [7, 11) is 4.42. The molecule has 1 fully saturated rings. The predicted molar refractivity (Wildman–Crippen MR) is 153 cm³/mol. The Hall–Kier alpha value is -3.65. The van der Waals surface area contributed by atoms with Crippen molar-refractivity contribution in [2.75, 3.05) is 21.2 Å². The summed E-state index contributed by atoms with van der Waals surface area (Å²) in [5.74, 6) is -5.04. The summed E-state index contributed by atoms with van der Waals surface area (Å²) < 4.78 is 5.64. The lowest BCUT2D eigenvalue weighted by Gasteiger charge is -2.40. The van der Waals surface area contributed by atoms with Crippen LogP contribution in [0.25, 0.3) is 0 Å². The van der Waals surface area contributed by atoms with Crippen LogP contribution >= 0.6 is 0 Å². The minimum atomic E-state index is -0.994. The van der Waals surface area contributed by atoms with Gasteiger partial charge in [0.2, 0.25) is 11.8 Å². The molecule has 0 aromatic heterocycles. The van der Waals surface area contributed by atoms with Gasteiger partial charge in [0.15, 0.2) is 0 Å². The molecule has 0 unspecified atom stereocenters. The number of nitrogens with zero attached hydrogens (tertiary/aromatic N) is 4. The fraction of sp³-hybridized carbons (Fsp3) is 0.690. The van der Waals surface area contributed by atoms with Gasteiger partial charge < -0.3 is 19.8 Å². The van der Waals surface area contributed by atoms with E-state index in [1.807, 2.05) is 13.8 Å². The fourth-order valence-electron chi connectivity index (χ4n) is 5.39. The molecule has 14 heteroatoms. The summed E-state index contributed by atoms with van der Waals surface area (Å²) in [5.41, 5.74) is 0. The first-order chi connectivity index (χ1) is 20.1. The fourth-order valence-corrected chi connectivity index (χ4v) is 5.39. The molecule has 43 heavy (non-hydrogen) atoms. The zero-order chi connectivity index (χ0) is 32.8. The van der Waals surface area contributed by atoms with Gasteiger partial charge in [0.05, 0.1) is 18.6 Å². The summed E-state index contributed by atoms with van der Waals surface area (Å²) in [6.07, 6.45) is 1.59. The molecule has 0 spiro atoms. The molecule has 2 rings (SSSR count). The van der Waals surface area contributed by atoms with Crippen molar-refractivity contribution in [3.63, 3.8) is 0 Å². The Balaban J connectivity index is 2.27. The molecule has 0 saturated carbocycles. The van der Waals surface area contributed by atoms with E-state index in [2.05, 4.69) is 5.32 Å². The van der Waals surface area contributed by atoms with Crippen LogP contribution < -0.4 is 5.32 Å². The highest BCUT2D eigenvalue weighted by Crippen LogP contribution is 2.25. The third-order valence-corrected chi connectivity index (χ3v) is 7.91. The van der Waals surface area contributed by atoms with Gasteiger partial charge in [-0.3, -0.25) is 28.8 Å². The molecule has 240 valence electrons.